The second-order valence-corrected chi connectivity index (χ2v) is 35.5. The fourth-order valence-corrected chi connectivity index (χ4v) is 23.6. The molecule has 0 amide bonds. The molecular weight excluding hydrogens is 457 g/mol. The summed E-state index contributed by atoms with van der Waals surface area (Å²) in [6.07, 6.45) is 0. The van der Waals surface area contributed by atoms with Crippen LogP contribution in [-0.4, -0.2) is 64.1 Å². The minimum Gasteiger partial charge on any atom is -0.417 e. The minimum absolute atomic E-state index is 0.421. The molecule has 0 bridgehead atoms. The average Bonchev–Trinajstić information content (AvgIpc) is 2.24. The lowest BCUT2D eigenvalue weighted by Crippen LogP contribution is -2.56. The van der Waals surface area contributed by atoms with Crippen LogP contribution in [0.2, 0.25) is 91.7 Å². The first-order chi connectivity index (χ1) is 12.0. The maximum Gasteiger partial charge on any atom is 0.476 e. The Bertz CT molecular complexity index is 402. The van der Waals surface area contributed by atoms with Gasteiger partial charge >= 0.3 is 17.6 Å². The molecule has 0 aliphatic heterocycles. The Morgan fingerprint density at radius 3 is 0.679 bits per heavy atom. The van der Waals surface area contributed by atoms with Crippen LogP contribution in [0.1, 0.15) is 0 Å². The van der Waals surface area contributed by atoms with Crippen molar-refractivity contribution in [2.45, 2.75) is 91.7 Å². The third-order valence-electron chi connectivity index (χ3n) is 2.78. The van der Waals surface area contributed by atoms with Crippen LogP contribution in [0.4, 0.5) is 0 Å². The zero-order chi connectivity index (χ0) is 22.7. The van der Waals surface area contributed by atoms with Gasteiger partial charge in [-0.1, -0.05) is 0 Å². The minimum atomic E-state index is -2.72. The van der Waals surface area contributed by atoms with Crippen LogP contribution in [0, 0.1) is 0 Å². The van der Waals surface area contributed by atoms with E-state index in [0.717, 1.165) is 0 Å². The molecule has 6 nitrogen and oxygen atoms in total. The van der Waals surface area contributed by atoms with Crippen molar-refractivity contribution in [2.24, 2.45) is 0 Å². The largest absolute Gasteiger partial charge is 0.476 e. The highest BCUT2D eigenvalue weighted by atomic mass is 28.5. The molecule has 0 atom stereocenters. The summed E-state index contributed by atoms with van der Waals surface area (Å²) < 4.78 is 37.9. The lowest BCUT2D eigenvalue weighted by Gasteiger charge is -2.38. The summed E-state index contributed by atoms with van der Waals surface area (Å²) in [5, 5.41) is 0. The highest BCUT2D eigenvalue weighted by Crippen LogP contribution is 2.24. The molecular formula is C16H46O6Si6. The summed E-state index contributed by atoms with van der Waals surface area (Å²) in [7, 11) is -12.6. The first kappa shape index (κ1) is 29.1. The highest BCUT2D eigenvalue weighted by Gasteiger charge is 2.45. The van der Waals surface area contributed by atoms with Gasteiger partial charge in [-0.05, 0) is 78.6 Å². The predicted molar refractivity (Wildman–Crippen MR) is 133 cm³/mol. The number of hydrogen-bond acceptors (Lipinski definition) is 6. The van der Waals surface area contributed by atoms with Crippen molar-refractivity contribution < 1.29 is 25.3 Å². The molecule has 0 saturated carbocycles. The molecule has 0 aromatic heterocycles. The Balaban J connectivity index is 5.04. The molecule has 0 aliphatic rings. The Morgan fingerprint density at radius 2 is 0.536 bits per heavy atom. The van der Waals surface area contributed by atoms with Crippen LogP contribution in [0.25, 0.3) is 0 Å². The SMILES string of the molecule is C[Si](C)(C)O[Si](C)(OCCO[Si](C)(O[Si](C)(C)C)O[Si](C)(C)C)O[Si](C)(C)C. The fraction of sp³-hybridized carbons (Fsp3) is 1.00. The summed E-state index contributed by atoms with van der Waals surface area (Å²) in [5.41, 5.74) is 0. The topological polar surface area (TPSA) is 55.4 Å². The molecule has 0 aliphatic carbocycles. The van der Waals surface area contributed by atoms with Gasteiger partial charge in [0.1, 0.15) is 0 Å². The van der Waals surface area contributed by atoms with Crippen LogP contribution in [0.3, 0.4) is 0 Å². The summed E-state index contributed by atoms with van der Waals surface area (Å²) in [6.45, 7) is 30.9. The van der Waals surface area contributed by atoms with Crippen LogP contribution >= 0.6 is 0 Å². The molecule has 0 spiro atoms. The van der Waals surface area contributed by atoms with Crippen LogP contribution in [0.5, 0.6) is 0 Å². The fourth-order valence-electron chi connectivity index (χ4n) is 2.84. The average molecular weight is 503 g/mol. The van der Waals surface area contributed by atoms with Crippen LogP contribution < -0.4 is 0 Å². The Hall–Kier alpha value is 1.06. The van der Waals surface area contributed by atoms with Crippen molar-refractivity contribution in [2.75, 3.05) is 13.2 Å². The van der Waals surface area contributed by atoms with Gasteiger partial charge in [-0.15, -0.1) is 0 Å². The van der Waals surface area contributed by atoms with Gasteiger partial charge in [0.25, 0.3) is 0 Å². The van der Waals surface area contributed by atoms with Crippen molar-refractivity contribution in [3.8, 4) is 0 Å². The summed E-state index contributed by atoms with van der Waals surface area (Å²) >= 11 is 0. The molecule has 0 rings (SSSR count). The van der Waals surface area contributed by atoms with Gasteiger partial charge in [0.15, 0.2) is 33.3 Å². The second-order valence-electron chi connectivity index (χ2n) is 11.3. The highest BCUT2D eigenvalue weighted by molar-refractivity contribution is 6.86. The maximum absolute atomic E-state index is 6.37. The van der Waals surface area contributed by atoms with E-state index in [0.29, 0.717) is 13.2 Å². The monoisotopic (exact) mass is 502 g/mol. The van der Waals surface area contributed by atoms with Crippen molar-refractivity contribution in [3.05, 3.63) is 0 Å². The molecule has 0 heterocycles. The first-order valence-electron chi connectivity index (χ1n) is 10.1. The zero-order valence-corrected chi connectivity index (χ0v) is 26.9. The Morgan fingerprint density at radius 1 is 0.357 bits per heavy atom. The van der Waals surface area contributed by atoms with Crippen molar-refractivity contribution in [3.63, 3.8) is 0 Å². The standard InChI is InChI=1S/C16H46O6Si6/c1-23(2,3)19-27(13,20-24(4,5)6)17-15-16-18-28(14,21-25(7,8)9)22-26(10,11)12/h15-16H2,1-14H3. The van der Waals surface area contributed by atoms with Crippen molar-refractivity contribution in [1.29, 1.82) is 0 Å². The Labute approximate surface area is 180 Å². The molecule has 0 radical (unpaired) electrons. The molecule has 0 fully saturated rings. The van der Waals surface area contributed by atoms with E-state index in [1.807, 2.05) is 13.1 Å². The third kappa shape index (κ3) is 15.8. The lowest BCUT2D eigenvalue weighted by atomic mass is 10.8. The van der Waals surface area contributed by atoms with Gasteiger partial charge in [-0.25, -0.2) is 0 Å². The van der Waals surface area contributed by atoms with E-state index in [1.54, 1.807) is 0 Å². The summed E-state index contributed by atoms with van der Waals surface area (Å²) in [6, 6.07) is 0. The second kappa shape index (κ2) is 10.1. The molecule has 0 N–H and O–H groups in total. The predicted octanol–water partition coefficient (Wildman–Crippen LogP) is 5.56. The number of rotatable bonds is 13. The molecule has 28 heavy (non-hydrogen) atoms. The van der Waals surface area contributed by atoms with Gasteiger partial charge < -0.3 is 25.3 Å². The van der Waals surface area contributed by atoms with E-state index in [2.05, 4.69) is 78.6 Å². The normalized spacial score (nSPS) is 15.2. The Kier molecular flexibility index (Phi) is 10.5. The summed E-state index contributed by atoms with van der Waals surface area (Å²) in [4.78, 5) is 0. The van der Waals surface area contributed by atoms with E-state index < -0.39 is 50.9 Å². The van der Waals surface area contributed by atoms with Crippen LogP contribution in [0.15, 0.2) is 0 Å². The van der Waals surface area contributed by atoms with Gasteiger partial charge in [-0.2, -0.15) is 0 Å². The molecule has 0 saturated heterocycles. The summed E-state index contributed by atoms with van der Waals surface area (Å²) in [5.74, 6) is 0. The van der Waals surface area contributed by atoms with Crippen LogP contribution in [-0.2, 0) is 25.3 Å². The lowest BCUT2D eigenvalue weighted by molar-refractivity contribution is 0.102. The third-order valence-corrected chi connectivity index (χ3v) is 20.0. The van der Waals surface area contributed by atoms with Gasteiger partial charge in [-0.3, -0.25) is 0 Å². The molecule has 0 unspecified atom stereocenters. The zero-order valence-electron chi connectivity index (χ0n) is 20.9. The van der Waals surface area contributed by atoms with Gasteiger partial charge in [0.2, 0.25) is 0 Å². The van der Waals surface area contributed by atoms with Crippen molar-refractivity contribution >= 4 is 50.9 Å². The molecule has 170 valence electrons. The van der Waals surface area contributed by atoms with E-state index in [9.17, 15) is 0 Å². The molecule has 12 heteroatoms. The first-order valence-corrected chi connectivity index (χ1v) is 28.2. The molecule has 0 aromatic rings. The quantitative estimate of drug-likeness (QED) is 0.243. The molecule has 0 aromatic carbocycles. The maximum atomic E-state index is 6.37. The van der Waals surface area contributed by atoms with E-state index in [1.165, 1.54) is 0 Å². The van der Waals surface area contributed by atoms with E-state index >= 15 is 0 Å². The van der Waals surface area contributed by atoms with Crippen molar-refractivity contribution in [1.82, 2.24) is 0 Å². The van der Waals surface area contributed by atoms with Gasteiger partial charge in [0.05, 0.1) is 13.2 Å². The van der Waals surface area contributed by atoms with E-state index in [4.69, 9.17) is 25.3 Å². The van der Waals surface area contributed by atoms with Gasteiger partial charge in [0, 0.05) is 13.1 Å². The smallest absolute Gasteiger partial charge is 0.417 e. The number of hydrogen-bond donors (Lipinski definition) is 0. The van der Waals surface area contributed by atoms with E-state index in [-0.39, 0.29) is 0 Å².